The van der Waals surface area contributed by atoms with Crippen LogP contribution in [0.5, 0.6) is 0 Å². The fraction of sp³-hybridized carbons (Fsp3) is 0.444. The zero-order chi connectivity index (χ0) is 12.6. The van der Waals surface area contributed by atoms with Gasteiger partial charge in [0, 0.05) is 13.1 Å². The molecule has 0 aliphatic rings. The van der Waals surface area contributed by atoms with Crippen molar-refractivity contribution in [3.63, 3.8) is 0 Å². The van der Waals surface area contributed by atoms with E-state index < -0.39 is 11.2 Å². The Hall–Kier alpha value is -2.25. The molecule has 2 heterocycles. The van der Waals surface area contributed by atoms with Crippen LogP contribution in [-0.4, -0.2) is 19.4 Å². The van der Waals surface area contributed by atoms with E-state index in [9.17, 15) is 14.8 Å². The number of fused-ring (bicyclic) bond motifs is 1. The highest BCUT2D eigenvalue weighted by Gasteiger charge is 2.17. The van der Waals surface area contributed by atoms with Gasteiger partial charge in [-0.25, -0.2) is 4.79 Å². The summed E-state index contributed by atoms with van der Waals surface area (Å²) in [4.78, 5) is 24.1. The quantitative estimate of drug-likeness (QED) is 0.474. The normalized spacial score (nSPS) is 10.9. The van der Waals surface area contributed by atoms with Crippen molar-refractivity contribution in [1.29, 1.82) is 0 Å². The number of nitrogens with zero attached hydrogens (tertiary/aromatic N) is 5. The van der Waals surface area contributed by atoms with Crippen LogP contribution in [0.4, 0.5) is 0 Å². The zero-order valence-corrected chi connectivity index (χ0v) is 9.45. The highest BCUT2D eigenvalue weighted by Crippen LogP contribution is 2.00. The summed E-state index contributed by atoms with van der Waals surface area (Å²) in [6.07, 6.45) is 1.08. The Morgan fingerprint density at radius 3 is 2.53 bits per heavy atom. The van der Waals surface area contributed by atoms with Crippen LogP contribution >= 0.6 is 0 Å². The molecule has 0 atom stereocenters. The lowest BCUT2D eigenvalue weighted by molar-refractivity contribution is -0.673. The Labute approximate surface area is 95.3 Å². The number of hydrogen-bond donors (Lipinski definition) is 0. The topological polar surface area (TPSA) is 96.7 Å². The summed E-state index contributed by atoms with van der Waals surface area (Å²) < 4.78 is 2.39. The smallest absolute Gasteiger partial charge is 0.331 e. The minimum Gasteiger partial charge on any atom is -0.691 e. The fourth-order valence-electron chi connectivity index (χ4n) is 1.73. The average Bonchev–Trinajstić information content (AvgIpc) is 2.30. The molecular weight excluding hydrogens is 226 g/mol. The summed E-state index contributed by atoms with van der Waals surface area (Å²) >= 11 is 0. The number of aryl methyl sites for hydroxylation is 1. The Morgan fingerprint density at radius 2 is 1.94 bits per heavy atom. The predicted octanol–water partition coefficient (Wildman–Crippen LogP) is -1.37. The summed E-state index contributed by atoms with van der Waals surface area (Å²) in [7, 11) is 0. The van der Waals surface area contributed by atoms with Gasteiger partial charge in [0.2, 0.25) is 0 Å². The van der Waals surface area contributed by atoms with Gasteiger partial charge >= 0.3 is 11.2 Å². The molecule has 2 aromatic heterocycles. The van der Waals surface area contributed by atoms with E-state index in [-0.39, 0.29) is 22.4 Å². The van der Waals surface area contributed by atoms with Crippen LogP contribution in [0.3, 0.4) is 0 Å². The van der Waals surface area contributed by atoms with Crippen LogP contribution in [0.1, 0.15) is 13.8 Å². The molecule has 0 aliphatic carbocycles. The molecule has 8 nitrogen and oxygen atoms in total. The summed E-state index contributed by atoms with van der Waals surface area (Å²) in [5, 5.41) is 17.8. The third-order valence-corrected chi connectivity index (χ3v) is 2.54. The van der Waals surface area contributed by atoms with Crippen LogP contribution in [0.15, 0.2) is 15.8 Å². The second-order valence-electron chi connectivity index (χ2n) is 3.43. The van der Waals surface area contributed by atoms with Gasteiger partial charge in [0.15, 0.2) is 0 Å². The molecule has 0 saturated heterocycles. The van der Waals surface area contributed by atoms with Crippen molar-refractivity contribution < 1.29 is 4.85 Å². The van der Waals surface area contributed by atoms with Crippen LogP contribution in [0.2, 0.25) is 0 Å². The van der Waals surface area contributed by atoms with Gasteiger partial charge in [-0.1, -0.05) is 0 Å². The third-order valence-electron chi connectivity index (χ3n) is 2.54. The van der Waals surface area contributed by atoms with E-state index in [0.717, 1.165) is 10.8 Å². The second-order valence-corrected chi connectivity index (χ2v) is 3.43. The fourth-order valence-corrected chi connectivity index (χ4v) is 1.73. The molecule has 2 aromatic rings. The van der Waals surface area contributed by atoms with Crippen molar-refractivity contribution in [2.75, 3.05) is 0 Å². The van der Waals surface area contributed by atoms with E-state index in [1.54, 1.807) is 13.8 Å². The highest BCUT2D eigenvalue weighted by atomic mass is 16.5. The summed E-state index contributed by atoms with van der Waals surface area (Å²) in [6, 6.07) is 0. The molecule has 90 valence electrons. The zero-order valence-electron chi connectivity index (χ0n) is 9.45. The number of hydrogen-bond acceptors (Lipinski definition) is 5. The van der Waals surface area contributed by atoms with Gasteiger partial charge in [-0.3, -0.25) is 13.9 Å². The van der Waals surface area contributed by atoms with E-state index >= 15 is 0 Å². The van der Waals surface area contributed by atoms with Crippen LogP contribution in [0, 0.1) is 5.21 Å². The van der Waals surface area contributed by atoms with Gasteiger partial charge < -0.3 is 5.21 Å². The summed E-state index contributed by atoms with van der Waals surface area (Å²) in [6.45, 7) is 4.04. The maximum absolute atomic E-state index is 11.9. The van der Waals surface area contributed by atoms with E-state index in [0.29, 0.717) is 6.54 Å². The lowest BCUT2D eigenvalue weighted by Gasteiger charge is -2.08. The molecule has 0 bridgehead atoms. The van der Waals surface area contributed by atoms with Gasteiger partial charge in [-0.05, 0) is 13.8 Å². The van der Waals surface area contributed by atoms with Crippen molar-refractivity contribution in [3.8, 4) is 0 Å². The van der Waals surface area contributed by atoms with Crippen molar-refractivity contribution >= 4 is 11.0 Å². The Morgan fingerprint density at radius 1 is 1.29 bits per heavy atom. The molecule has 0 saturated carbocycles. The molecular formula is C9H11N5O3. The summed E-state index contributed by atoms with van der Waals surface area (Å²) in [5.41, 5.74) is -0.733. The molecule has 17 heavy (non-hydrogen) atoms. The number of rotatable bonds is 2. The molecule has 0 radical (unpaired) electrons. The average molecular weight is 237 g/mol. The molecule has 0 fully saturated rings. The van der Waals surface area contributed by atoms with Crippen molar-refractivity contribution in [2.45, 2.75) is 26.9 Å². The standard InChI is InChI=1S/C9H11N5O3/c1-3-12-6-5-14(17)11-10-7(6)8(15)13(4-2)9(12)16/h5H,3-4H2,1-2H3. The van der Waals surface area contributed by atoms with Gasteiger partial charge in [0.05, 0.1) is 5.10 Å². The van der Waals surface area contributed by atoms with Gasteiger partial charge in [0.25, 0.3) is 5.52 Å². The Balaban J connectivity index is 3.06. The van der Waals surface area contributed by atoms with Gasteiger partial charge in [0.1, 0.15) is 16.9 Å². The molecule has 8 heteroatoms. The molecule has 0 amide bonds. The van der Waals surface area contributed by atoms with Crippen LogP contribution in [-0.2, 0) is 13.1 Å². The largest absolute Gasteiger partial charge is 0.691 e. The van der Waals surface area contributed by atoms with E-state index in [4.69, 9.17) is 0 Å². The molecule has 0 aromatic carbocycles. The Bertz CT molecular complexity index is 687. The SMILES string of the molecule is CCn1c(=O)c2nn[n+]([O-])cc2n(CC)c1=O. The molecule has 0 spiro atoms. The first-order valence-corrected chi connectivity index (χ1v) is 5.20. The lowest BCUT2D eigenvalue weighted by Crippen LogP contribution is -2.42. The predicted molar refractivity (Wildman–Crippen MR) is 58.4 cm³/mol. The first-order chi connectivity index (χ1) is 8.10. The van der Waals surface area contributed by atoms with Gasteiger partial charge in [-0.15, -0.1) is 4.85 Å². The molecule has 0 unspecified atom stereocenters. The highest BCUT2D eigenvalue weighted by molar-refractivity contribution is 5.70. The molecule has 0 N–H and O–H groups in total. The maximum atomic E-state index is 11.9. The van der Waals surface area contributed by atoms with Crippen molar-refractivity contribution in [3.05, 3.63) is 32.2 Å². The monoisotopic (exact) mass is 237 g/mol. The van der Waals surface area contributed by atoms with Crippen molar-refractivity contribution in [1.82, 2.24) is 19.4 Å². The number of aromatic nitrogens is 5. The summed E-state index contributed by atoms with van der Waals surface area (Å²) in [5.74, 6) is 0. The van der Waals surface area contributed by atoms with E-state index in [2.05, 4.69) is 10.3 Å². The van der Waals surface area contributed by atoms with E-state index in [1.807, 2.05) is 0 Å². The first-order valence-electron chi connectivity index (χ1n) is 5.20. The third kappa shape index (κ3) is 1.57. The van der Waals surface area contributed by atoms with Gasteiger partial charge in [-0.2, -0.15) is 0 Å². The lowest BCUT2D eigenvalue weighted by atomic mass is 10.4. The van der Waals surface area contributed by atoms with Crippen molar-refractivity contribution in [2.24, 2.45) is 0 Å². The minimum absolute atomic E-state index is 0.0281. The first kappa shape index (κ1) is 11.2. The Kier molecular flexibility index (Phi) is 2.62. The van der Waals surface area contributed by atoms with Crippen LogP contribution in [0.25, 0.3) is 11.0 Å². The molecule has 2 rings (SSSR count). The second kappa shape index (κ2) is 3.96. The maximum Gasteiger partial charge on any atom is 0.331 e. The minimum atomic E-state index is -0.523. The molecule has 0 aliphatic heterocycles. The van der Waals surface area contributed by atoms with Crippen LogP contribution < -0.4 is 16.1 Å². The van der Waals surface area contributed by atoms with E-state index in [1.165, 1.54) is 4.57 Å².